The van der Waals surface area contributed by atoms with Crippen LogP contribution in [-0.2, 0) is 0 Å². The molecule has 0 spiro atoms. The number of fused-ring (bicyclic) bond motifs is 1. The van der Waals surface area contributed by atoms with Crippen molar-refractivity contribution in [3.63, 3.8) is 0 Å². The molecule has 0 fully saturated rings. The molecule has 0 amide bonds. The first-order valence-electron chi connectivity index (χ1n) is 7.04. The number of benzene rings is 2. The molecule has 114 valence electrons. The smallest absolute Gasteiger partial charge is 0.188 e. The maximum absolute atomic E-state index is 10.6. The number of tetrazole rings is 1. The molecule has 7 heteroatoms. The monoisotopic (exact) mass is 325 g/mol. The minimum Gasteiger partial charge on any atom is -0.507 e. The highest BCUT2D eigenvalue weighted by Gasteiger charge is 2.23. The van der Waals surface area contributed by atoms with Crippen LogP contribution in [-0.4, -0.2) is 31.9 Å². The molecule has 0 bridgehead atoms. The first-order valence-corrected chi connectivity index (χ1v) is 7.42. The second kappa shape index (κ2) is 5.40. The van der Waals surface area contributed by atoms with Crippen molar-refractivity contribution in [3.05, 3.63) is 64.9 Å². The molecule has 2 N–H and O–H groups in total. The molecule has 1 aliphatic heterocycles. The van der Waals surface area contributed by atoms with Gasteiger partial charge in [-0.2, -0.15) is 4.68 Å². The lowest BCUT2D eigenvalue weighted by Crippen LogP contribution is -2.16. The zero-order valence-electron chi connectivity index (χ0n) is 11.9. The first-order chi connectivity index (χ1) is 11.2. The largest absolute Gasteiger partial charge is 0.507 e. The summed E-state index contributed by atoms with van der Waals surface area (Å²) < 4.78 is 1.58. The van der Waals surface area contributed by atoms with Gasteiger partial charge in [0.25, 0.3) is 0 Å². The van der Waals surface area contributed by atoms with Crippen molar-refractivity contribution in [2.45, 2.75) is 0 Å². The van der Waals surface area contributed by atoms with Gasteiger partial charge in [0.2, 0.25) is 0 Å². The second-order valence-electron chi connectivity index (χ2n) is 5.12. The van der Waals surface area contributed by atoms with E-state index in [9.17, 15) is 5.11 Å². The minimum absolute atomic E-state index is 0.185. The van der Waals surface area contributed by atoms with Crippen molar-refractivity contribution in [2.75, 3.05) is 11.9 Å². The summed E-state index contributed by atoms with van der Waals surface area (Å²) in [6, 6.07) is 14.8. The van der Waals surface area contributed by atoms with Crippen LogP contribution >= 0.6 is 11.6 Å². The Labute approximate surface area is 137 Å². The van der Waals surface area contributed by atoms with Crippen LogP contribution in [0.3, 0.4) is 0 Å². The number of aromatic nitrogens is 4. The SMILES string of the molecule is OC1=C(c2nnnn2-c2ccc(Cl)cc2)CNc2ccccc21. The molecule has 2 heterocycles. The molecule has 0 atom stereocenters. The molecule has 0 aliphatic carbocycles. The predicted octanol–water partition coefficient (Wildman–Crippen LogP) is 3.17. The normalized spacial score (nSPS) is 13.6. The van der Waals surface area contributed by atoms with Gasteiger partial charge in [0.15, 0.2) is 5.82 Å². The lowest BCUT2D eigenvalue weighted by Gasteiger charge is -2.20. The molecule has 1 aliphatic rings. The number of halogens is 1. The maximum Gasteiger partial charge on any atom is 0.188 e. The fourth-order valence-electron chi connectivity index (χ4n) is 2.59. The number of aliphatic hydroxyl groups excluding tert-OH is 1. The van der Waals surface area contributed by atoms with Gasteiger partial charge < -0.3 is 10.4 Å². The molecule has 0 radical (unpaired) electrons. The van der Waals surface area contributed by atoms with Gasteiger partial charge in [-0.05, 0) is 46.8 Å². The van der Waals surface area contributed by atoms with Crippen LogP contribution in [0.25, 0.3) is 17.0 Å². The number of hydrogen-bond donors (Lipinski definition) is 2. The zero-order valence-corrected chi connectivity index (χ0v) is 12.7. The van der Waals surface area contributed by atoms with E-state index in [-0.39, 0.29) is 5.76 Å². The summed E-state index contributed by atoms with van der Waals surface area (Å²) in [6.07, 6.45) is 0. The van der Waals surface area contributed by atoms with Crippen LogP contribution in [0.5, 0.6) is 0 Å². The van der Waals surface area contributed by atoms with Gasteiger partial charge in [0.05, 0.1) is 11.3 Å². The van der Waals surface area contributed by atoms with Gasteiger partial charge in [0, 0.05) is 22.8 Å². The summed E-state index contributed by atoms with van der Waals surface area (Å²) in [6.45, 7) is 0.441. The Hall–Kier alpha value is -2.86. The van der Waals surface area contributed by atoms with Gasteiger partial charge in [-0.15, -0.1) is 5.10 Å². The fourth-order valence-corrected chi connectivity index (χ4v) is 2.72. The van der Waals surface area contributed by atoms with E-state index in [4.69, 9.17) is 11.6 Å². The van der Waals surface area contributed by atoms with Crippen molar-refractivity contribution >= 4 is 28.6 Å². The Balaban J connectivity index is 1.84. The Morgan fingerprint density at radius 3 is 2.70 bits per heavy atom. The molecular weight excluding hydrogens is 314 g/mol. The lowest BCUT2D eigenvalue weighted by atomic mass is 10.0. The standard InChI is InChI=1S/C16H12ClN5O/c17-10-5-7-11(8-6-10)22-16(19-20-21-22)13-9-18-14-4-2-1-3-12(14)15(13)23/h1-8,18,23H,9H2. The van der Waals surface area contributed by atoms with Crippen molar-refractivity contribution in [1.29, 1.82) is 0 Å². The van der Waals surface area contributed by atoms with E-state index in [0.717, 1.165) is 16.9 Å². The third-order valence-corrected chi connectivity index (χ3v) is 3.99. The molecule has 2 aromatic carbocycles. The zero-order chi connectivity index (χ0) is 15.8. The van der Waals surface area contributed by atoms with Crippen molar-refractivity contribution in [3.8, 4) is 5.69 Å². The number of para-hydroxylation sites is 1. The average molecular weight is 326 g/mol. The summed E-state index contributed by atoms with van der Waals surface area (Å²) in [5.74, 6) is 0.677. The number of rotatable bonds is 2. The highest BCUT2D eigenvalue weighted by molar-refractivity contribution is 6.30. The fraction of sp³-hybridized carbons (Fsp3) is 0.0625. The van der Waals surface area contributed by atoms with Gasteiger partial charge >= 0.3 is 0 Å². The average Bonchev–Trinajstić information content (AvgIpc) is 3.05. The van der Waals surface area contributed by atoms with E-state index in [1.54, 1.807) is 16.8 Å². The van der Waals surface area contributed by atoms with Crippen LogP contribution in [0.4, 0.5) is 5.69 Å². The van der Waals surface area contributed by atoms with E-state index in [2.05, 4.69) is 20.8 Å². The van der Waals surface area contributed by atoms with E-state index in [1.165, 1.54) is 0 Å². The molecule has 3 aromatic rings. The van der Waals surface area contributed by atoms with E-state index < -0.39 is 0 Å². The molecule has 0 unspecified atom stereocenters. The van der Waals surface area contributed by atoms with Gasteiger partial charge in [-0.1, -0.05) is 23.7 Å². The van der Waals surface area contributed by atoms with Crippen molar-refractivity contribution in [1.82, 2.24) is 20.2 Å². The lowest BCUT2D eigenvalue weighted by molar-refractivity contribution is 0.511. The molecule has 4 rings (SSSR count). The van der Waals surface area contributed by atoms with Crippen LogP contribution in [0.1, 0.15) is 11.4 Å². The first kappa shape index (κ1) is 13.8. The van der Waals surface area contributed by atoms with Gasteiger partial charge in [0.1, 0.15) is 5.76 Å². The third-order valence-electron chi connectivity index (χ3n) is 3.73. The molecule has 23 heavy (non-hydrogen) atoms. The minimum atomic E-state index is 0.185. The molecule has 1 aromatic heterocycles. The van der Waals surface area contributed by atoms with Crippen molar-refractivity contribution in [2.24, 2.45) is 0 Å². The second-order valence-corrected chi connectivity index (χ2v) is 5.55. The van der Waals surface area contributed by atoms with Crippen LogP contribution in [0.2, 0.25) is 5.02 Å². The van der Waals surface area contributed by atoms with E-state index >= 15 is 0 Å². The summed E-state index contributed by atoms with van der Waals surface area (Å²) >= 11 is 5.92. The molecule has 6 nitrogen and oxygen atoms in total. The van der Waals surface area contributed by atoms with Crippen LogP contribution < -0.4 is 5.32 Å². The van der Waals surface area contributed by atoms with Gasteiger partial charge in [-0.25, -0.2) is 0 Å². The summed E-state index contributed by atoms with van der Waals surface area (Å²) in [4.78, 5) is 0. The molecule has 0 saturated carbocycles. The number of aliphatic hydroxyl groups is 1. The molecular formula is C16H12ClN5O. The summed E-state index contributed by atoms with van der Waals surface area (Å²) in [5.41, 5.74) is 3.04. The van der Waals surface area contributed by atoms with Crippen LogP contribution in [0, 0.1) is 0 Å². The Kier molecular flexibility index (Phi) is 3.24. The summed E-state index contributed by atoms with van der Waals surface area (Å²) in [7, 11) is 0. The number of hydrogen-bond acceptors (Lipinski definition) is 5. The van der Waals surface area contributed by atoms with E-state index in [1.807, 2.05) is 36.4 Å². The molecule has 0 saturated heterocycles. The Bertz CT molecular complexity index is 901. The maximum atomic E-state index is 10.6. The Morgan fingerprint density at radius 2 is 1.87 bits per heavy atom. The van der Waals surface area contributed by atoms with Crippen LogP contribution in [0.15, 0.2) is 48.5 Å². The Morgan fingerprint density at radius 1 is 1.09 bits per heavy atom. The third kappa shape index (κ3) is 2.33. The predicted molar refractivity (Wildman–Crippen MR) is 88.5 cm³/mol. The number of nitrogens with one attached hydrogen (secondary N) is 1. The highest BCUT2D eigenvalue weighted by Crippen LogP contribution is 2.33. The summed E-state index contributed by atoms with van der Waals surface area (Å²) in [5, 5.41) is 26.4. The van der Waals surface area contributed by atoms with Gasteiger partial charge in [-0.3, -0.25) is 0 Å². The van der Waals surface area contributed by atoms with E-state index in [0.29, 0.717) is 23.0 Å². The number of nitrogens with zero attached hydrogens (tertiary/aromatic N) is 4. The van der Waals surface area contributed by atoms with Crippen molar-refractivity contribution < 1.29 is 5.11 Å². The number of anilines is 1. The quantitative estimate of drug-likeness (QED) is 0.757. The highest BCUT2D eigenvalue weighted by atomic mass is 35.5. The topological polar surface area (TPSA) is 75.9 Å².